The zero-order valence-corrected chi connectivity index (χ0v) is 20.9. The molecule has 13 nitrogen and oxygen atoms in total. The van der Waals surface area contributed by atoms with E-state index in [4.69, 9.17) is 18.0 Å². The molecule has 2 amide bonds. The second-order valence-corrected chi connectivity index (χ2v) is 9.71. The van der Waals surface area contributed by atoms with Crippen LogP contribution in [-0.2, 0) is 16.1 Å². The smallest absolute Gasteiger partial charge is 0.326 e. The summed E-state index contributed by atoms with van der Waals surface area (Å²) in [7, 11) is 0. The number of fused-ring (bicyclic) bond motifs is 1. The topological polar surface area (TPSA) is 196 Å². The number of thioether (sulfide) groups is 1. The minimum absolute atomic E-state index is 0.0455. The summed E-state index contributed by atoms with van der Waals surface area (Å²) in [5.41, 5.74) is 6.61. The van der Waals surface area contributed by atoms with Gasteiger partial charge in [-0.05, 0) is 30.7 Å². The molecular weight excluding hydrogens is 520 g/mol. The van der Waals surface area contributed by atoms with Crippen LogP contribution in [-0.4, -0.2) is 70.4 Å². The van der Waals surface area contributed by atoms with Gasteiger partial charge in [0, 0.05) is 30.0 Å². The van der Waals surface area contributed by atoms with E-state index in [0.717, 1.165) is 5.75 Å². The van der Waals surface area contributed by atoms with Crippen molar-refractivity contribution in [2.24, 2.45) is 0 Å². The van der Waals surface area contributed by atoms with E-state index in [-0.39, 0.29) is 48.0 Å². The fourth-order valence-corrected chi connectivity index (χ4v) is 4.75. The third kappa shape index (κ3) is 6.37. The third-order valence-corrected chi connectivity index (χ3v) is 6.85. The van der Waals surface area contributed by atoms with Crippen LogP contribution in [0.3, 0.4) is 0 Å². The molecule has 1 fully saturated rings. The van der Waals surface area contributed by atoms with Crippen molar-refractivity contribution in [3.8, 4) is 0 Å². The first kappa shape index (κ1) is 26.0. The van der Waals surface area contributed by atoms with Crippen molar-refractivity contribution in [3.63, 3.8) is 0 Å². The molecule has 1 aliphatic rings. The first-order valence-corrected chi connectivity index (χ1v) is 12.5. The van der Waals surface area contributed by atoms with E-state index in [1.807, 2.05) is 0 Å². The Labute approximate surface area is 219 Å². The molecule has 1 saturated heterocycles. The van der Waals surface area contributed by atoms with Crippen LogP contribution in [0.5, 0.6) is 0 Å². The Morgan fingerprint density at radius 3 is 2.68 bits per heavy atom. The molecule has 192 valence electrons. The summed E-state index contributed by atoms with van der Waals surface area (Å²) in [6, 6.07) is 5.13. The van der Waals surface area contributed by atoms with Crippen molar-refractivity contribution in [2.45, 2.75) is 25.4 Å². The first-order chi connectivity index (χ1) is 17.7. The lowest BCUT2D eigenvalue weighted by atomic mass is 10.1. The molecular formula is C22H22N8O5S2. The number of aromatic amines is 1. The molecule has 1 unspecified atom stereocenters. The number of hydrogen-bond acceptors (Lipinski definition) is 11. The van der Waals surface area contributed by atoms with Crippen molar-refractivity contribution in [1.29, 1.82) is 0 Å². The highest BCUT2D eigenvalue weighted by Crippen LogP contribution is 2.19. The van der Waals surface area contributed by atoms with E-state index in [0.29, 0.717) is 22.2 Å². The van der Waals surface area contributed by atoms with E-state index in [1.54, 1.807) is 12.1 Å². The van der Waals surface area contributed by atoms with E-state index in [1.165, 1.54) is 35.0 Å². The van der Waals surface area contributed by atoms with Crippen LogP contribution in [0.15, 0.2) is 35.3 Å². The number of carbonyl (C=O) groups excluding carboxylic acids is 2. The van der Waals surface area contributed by atoms with Crippen LogP contribution >= 0.6 is 24.0 Å². The molecule has 3 heterocycles. The number of amides is 2. The predicted octanol–water partition coefficient (Wildman–Crippen LogP) is 0.731. The number of carboxylic acid groups (broad SMARTS) is 1. The van der Waals surface area contributed by atoms with Gasteiger partial charge in [-0.25, -0.2) is 14.8 Å². The van der Waals surface area contributed by atoms with Gasteiger partial charge in [-0.1, -0.05) is 24.0 Å². The van der Waals surface area contributed by atoms with Gasteiger partial charge in [-0.15, -0.1) is 0 Å². The average Bonchev–Trinajstić information content (AvgIpc) is 3.31. The van der Waals surface area contributed by atoms with Crippen LogP contribution in [0.4, 0.5) is 11.6 Å². The van der Waals surface area contributed by atoms with E-state index in [9.17, 15) is 24.3 Å². The molecule has 0 aliphatic carbocycles. The van der Waals surface area contributed by atoms with Gasteiger partial charge in [-0.2, -0.15) is 4.98 Å². The number of carbonyl (C=O) groups is 3. The van der Waals surface area contributed by atoms with Crippen LogP contribution in [0.1, 0.15) is 28.9 Å². The number of anilines is 2. The van der Waals surface area contributed by atoms with Crippen LogP contribution in [0, 0.1) is 0 Å². The minimum atomic E-state index is -1.23. The molecule has 0 saturated carbocycles. The number of carboxylic acids is 1. The fraction of sp³-hybridized carbons (Fsp3) is 0.273. The lowest BCUT2D eigenvalue weighted by molar-refractivity contribution is -0.139. The Bertz CT molecular complexity index is 1430. The van der Waals surface area contributed by atoms with Crippen LogP contribution in [0.2, 0.25) is 0 Å². The summed E-state index contributed by atoms with van der Waals surface area (Å²) in [5.74, 6) is -1.39. The molecule has 0 bridgehead atoms. The second kappa shape index (κ2) is 11.3. The zero-order valence-electron chi connectivity index (χ0n) is 19.3. The molecule has 15 heteroatoms. The molecule has 6 N–H and O–H groups in total. The number of benzene rings is 1. The van der Waals surface area contributed by atoms with E-state index >= 15 is 0 Å². The predicted molar refractivity (Wildman–Crippen MR) is 141 cm³/mol. The Morgan fingerprint density at radius 1 is 1.24 bits per heavy atom. The SMILES string of the molecule is Nc1nc2ncc(CNc3ccc(C(=O)NC(CCC(=O)N4CCSC4=S)C(=O)O)cc3)nc2c(=O)[nH]1. The van der Waals surface area contributed by atoms with Crippen molar-refractivity contribution < 1.29 is 19.5 Å². The van der Waals surface area contributed by atoms with E-state index < -0.39 is 23.5 Å². The van der Waals surface area contributed by atoms with Gasteiger partial charge in [-0.3, -0.25) is 24.3 Å². The Morgan fingerprint density at radius 2 is 2.00 bits per heavy atom. The second-order valence-electron chi connectivity index (χ2n) is 7.98. The molecule has 3 aromatic rings. The van der Waals surface area contributed by atoms with Gasteiger partial charge >= 0.3 is 5.97 Å². The van der Waals surface area contributed by atoms with Crippen LogP contribution < -0.4 is 21.9 Å². The maximum Gasteiger partial charge on any atom is 0.326 e. The quantitative estimate of drug-likeness (QED) is 0.238. The summed E-state index contributed by atoms with van der Waals surface area (Å²) in [5, 5.41) is 15.1. The van der Waals surface area contributed by atoms with Gasteiger partial charge in [0.25, 0.3) is 11.5 Å². The van der Waals surface area contributed by atoms with Gasteiger partial charge in [0.05, 0.1) is 18.4 Å². The highest BCUT2D eigenvalue weighted by Gasteiger charge is 2.27. The number of aliphatic carboxylic acids is 1. The molecule has 37 heavy (non-hydrogen) atoms. The number of rotatable bonds is 9. The summed E-state index contributed by atoms with van der Waals surface area (Å²) >= 11 is 6.52. The number of aromatic nitrogens is 4. The normalized spacial score (nSPS) is 13.9. The Hall–Kier alpha value is -4.11. The number of nitrogens with zero attached hydrogens (tertiary/aromatic N) is 4. The summed E-state index contributed by atoms with van der Waals surface area (Å²) in [6.45, 7) is 0.747. The molecule has 0 spiro atoms. The zero-order chi connectivity index (χ0) is 26.5. The summed E-state index contributed by atoms with van der Waals surface area (Å²) in [4.78, 5) is 64.6. The molecule has 1 aromatic carbocycles. The average molecular weight is 543 g/mol. The fourth-order valence-electron chi connectivity index (χ4n) is 3.51. The largest absolute Gasteiger partial charge is 0.480 e. The third-order valence-electron chi connectivity index (χ3n) is 5.42. The van der Waals surface area contributed by atoms with Crippen molar-refractivity contribution in [3.05, 3.63) is 52.1 Å². The number of nitrogens with one attached hydrogen (secondary N) is 3. The molecule has 4 rings (SSSR count). The van der Waals surface area contributed by atoms with Gasteiger partial charge in [0.1, 0.15) is 10.4 Å². The van der Waals surface area contributed by atoms with Gasteiger partial charge in [0.15, 0.2) is 11.2 Å². The molecule has 1 aliphatic heterocycles. The number of nitrogens with two attached hydrogens (primary N) is 1. The molecule has 0 radical (unpaired) electrons. The summed E-state index contributed by atoms with van der Waals surface area (Å²) < 4.78 is 0.484. The van der Waals surface area contributed by atoms with E-state index in [2.05, 4.69) is 30.6 Å². The lowest BCUT2D eigenvalue weighted by Gasteiger charge is -2.18. The highest BCUT2D eigenvalue weighted by molar-refractivity contribution is 8.23. The van der Waals surface area contributed by atoms with Crippen molar-refractivity contribution in [1.82, 2.24) is 30.2 Å². The summed E-state index contributed by atoms with van der Waals surface area (Å²) in [6.07, 6.45) is 1.37. The first-order valence-electron chi connectivity index (χ1n) is 11.1. The van der Waals surface area contributed by atoms with Gasteiger partial charge in [0.2, 0.25) is 11.9 Å². The minimum Gasteiger partial charge on any atom is -0.480 e. The van der Waals surface area contributed by atoms with Crippen molar-refractivity contribution in [2.75, 3.05) is 23.3 Å². The van der Waals surface area contributed by atoms with Crippen molar-refractivity contribution >= 4 is 68.9 Å². The number of H-pyrrole nitrogens is 1. The lowest BCUT2D eigenvalue weighted by Crippen LogP contribution is -2.42. The maximum absolute atomic E-state index is 12.6. The van der Waals surface area contributed by atoms with Crippen LogP contribution in [0.25, 0.3) is 11.2 Å². The number of hydrogen-bond donors (Lipinski definition) is 5. The number of nitrogen functional groups attached to an aromatic ring is 1. The maximum atomic E-state index is 12.6. The standard InChI is InChI=1S/C22H22N8O5S2/c23-21-28-17-16(19(33)29-21)26-13(10-25-17)9-24-12-3-1-11(2-4-12)18(32)27-14(20(34)35)5-6-15(31)30-7-8-37-22(30)36/h1-4,10,14,24H,5-9H2,(H,27,32)(H,34,35)(H3,23,25,28,29,33). The molecule has 1 atom stereocenters. The monoisotopic (exact) mass is 542 g/mol. The Balaban J connectivity index is 1.32. The van der Waals surface area contributed by atoms with Gasteiger partial charge < -0.3 is 21.5 Å². The Kier molecular flexibility index (Phi) is 7.93. The highest BCUT2D eigenvalue weighted by atomic mass is 32.2. The molecule has 2 aromatic heterocycles. The number of thiocarbonyl (C=S) groups is 1.